The van der Waals surface area contributed by atoms with E-state index in [1.54, 1.807) is 24.3 Å². The number of alkyl halides is 3. The van der Waals surface area contributed by atoms with Gasteiger partial charge in [-0.15, -0.1) is 11.3 Å². The van der Waals surface area contributed by atoms with E-state index in [9.17, 15) is 27.6 Å². The maximum Gasteiger partial charge on any atom is 0.433 e. The van der Waals surface area contributed by atoms with E-state index >= 15 is 0 Å². The highest BCUT2D eigenvalue weighted by Crippen LogP contribution is 2.36. The van der Waals surface area contributed by atoms with E-state index in [1.807, 2.05) is 18.2 Å². The Morgan fingerprint density at radius 1 is 1.10 bits per heavy atom. The van der Waals surface area contributed by atoms with Gasteiger partial charge >= 0.3 is 12.1 Å². The van der Waals surface area contributed by atoms with Crippen LogP contribution in [-0.2, 0) is 10.9 Å². The number of aromatic nitrogens is 3. The van der Waals surface area contributed by atoms with E-state index in [4.69, 9.17) is 10.5 Å². The number of rotatable bonds is 5. The van der Waals surface area contributed by atoms with Gasteiger partial charge in [-0.1, -0.05) is 42.5 Å². The first-order valence-corrected chi connectivity index (χ1v) is 12.1. The number of hydrogen-bond donors (Lipinski definition) is 2. The van der Waals surface area contributed by atoms with Gasteiger partial charge in [0.1, 0.15) is 10.6 Å². The molecule has 5 aromatic rings. The summed E-state index contributed by atoms with van der Waals surface area (Å²) in [6.45, 7) is 1.46. The van der Waals surface area contributed by atoms with Crippen molar-refractivity contribution in [2.45, 2.75) is 13.1 Å². The van der Waals surface area contributed by atoms with E-state index in [-0.39, 0.29) is 37.9 Å². The standard InChI is InChI=1S/C26H18F3N5O4S/c1-12-19(25(37)38-2)24(39-20(12)21(30)35)33-23(36)16-11-31-34-18(26(27,28)29)10-17(32-22(16)34)15-9-5-7-13-6-3-4-8-14(13)15/h3-11H,1-2H3,(H2,30,35)(H,33,36). The number of ether oxygens (including phenoxy) is 1. The summed E-state index contributed by atoms with van der Waals surface area (Å²) in [6, 6.07) is 13.2. The van der Waals surface area contributed by atoms with Crippen LogP contribution in [-0.4, -0.2) is 39.5 Å². The number of amides is 2. The van der Waals surface area contributed by atoms with Gasteiger partial charge in [-0.3, -0.25) is 9.59 Å². The number of esters is 1. The number of nitrogens with zero attached hydrogens (tertiary/aromatic N) is 3. The number of benzene rings is 2. The fourth-order valence-corrected chi connectivity index (χ4v) is 5.31. The van der Waals surface area contributed by atoms with Crippen molar-refractivity contribution >= 4 is 50.5 Å². The lowest BCUT2D eigenvalue weighted by Crippen LogP contribution is -2.16. The summed E-state index contributed by atoms with van der Waals surface area (Å²) in [4.78, 5) is 41.9. The van der Waals surface area contributed by atoms with E-state index in [0.29, 0.717) is 15.5 Å². The minimum atomic E-state index is -4.82. The summed E-state index contributed by atoms with van der Waals surface area (Å²) < 4.78 is 47.6. The highest BCUT2D eigenvalue weighted by Gasteiger charge is 2.36. The Morgan fingerprint density at radius 3 is 2.51 bits per heavy atom. The zero-order chi connectivity index (χ0) is 28.1. The molecule has 0 fully saturated rings. The third-order valence-corrected chi connectivity index (χ3v) is 7.28. The molecular formula is C26H18F3N5O4S. The largest absolute Gasteiger partial charge is 0.465 e. The van der Waals surface area contributed by atoms with E-state index < -0.39 is 29.7 Å². The number of nitrogens with two attached hydrogens (primary N) is 1. The fourth-order valence-electron chi connectivity index (χ4n) is 4.27. The quantitative estimate of drug-likeness (QED) is 0.292. The topological polar surface area (TPSA) is 129 Å². The van der Waals surface area contributed by atoms with Gasteiger partial charge in [0.2, 0.25) is 0 Å². The molecule has 3 aromatic heterocycles. The van der Waals surface area contributed by atoms with Gasteiger partial charge in [0.05, 0.1) is 29.4 Å². The van der Waals surface area contributed by atoms with Crippen molar-refractivity contribution in [3.05, 3.63) is 82.0 Å². The van der Waals surface area contributed by atoms with Crippen LogP contribution in [0.5, 0.6) is 0 Å². The third kappa shape index (κ3) is 4.46. The molecule has 2 aromatic carbocycles. The van der Waals surface area contributed by atoms with E-state index in [1.165, 1.54) is 6.92 Å². The molecule has 0 bridgehead atoms. The Hall–Kier alpha value is -4.78. The maximum atomic E-state index is 14.1. The van der Waals surface area contributed by atoms with Crippen molar-refractivity contribution in [2.75, 3.05) is 12.4 Å². The van der Waals surface area contributed by atoms with Crippen LogP contribution in [0.4, 0.5) is 18.2 Å². The predicted molar refractivity (Wildman–Crippen MR) is 138 cm³/mol. The number of primary amides is 1. The molecule has 3 N–H and O–H groups in total. The first kappa shape index (κ1) is 25.9. The average molecular weight is 554 g/mol. The molecule has 198 valence electrons. The van der Waals surface area contributed by atoms with Crippen LogP contribution in [0.3, 0.4) is 0 Å². The van der Waals surface area contributed by atoms with Crippen molar-refractivity contribution < 1.29 is 32.3 Å². The number of halogens is 3. The summed E-state index contributed by atoms with van der Waals surface area (Å²) in [6.07, 6.45) is -3.87. The molecule has 0 aliphatic carbocycles. The van der Waals surface area contributed by atoms with Crippen molar-refractivity contribution in [3.8, 4) is 11.3 Å². The van der Waals surface area contributed by atoms with Crippen molar-refractivity contribution in [2.24, 2.45) is 5.73 Å². The monoisotopic (exact) mass is 553 g/mol. The van der Waals surface area contributed by atoms with Crippen LogP contribution < -0.4 is 11.1 Å². The third-order valence-electron chi connectivity index (χ3n) is 6.06. The highest BCUT2D eigenvalue weighted by molar-refractivity contribution is 7.18. The fraction of sp³-hybridized carbons (Fsp3) is 0.115. The number of fused-ring (bicyclic) bond motifs is 2. The second kappa shape index (κ2) is 9.51. The molecule has 0 aliphatic rings. The zero-order valence-corrected chi connectivity index (χ0v) is 21.1. The number of carbonyl (C=O) groups excluding carboxylic acids is 3. The summed E-state index contributed by atoms with van der Waals surface area (Å²) in [5, 5.41) is 7.67. The lowest BCUT2D eigenvalue weighted by atomic mass is 10.0. The van der Waals surface area contributed by atoms with Gasteiger partial charge in [-0.2, -0.15) is 18.3 Å². The number of carbonyl (C=O) groups is 3. The molecule has 2 amide bonds. The lowest BCUT2D eigenvalue weighted by molar-refractivity contribution is -0.142. The number of thiophene rings is 1. The number of anilines is 1. The molecule has 0 saturated heterocycles. The molecule has 0 aliphatic heterocycles. The van der Waals surface area contributed by atoms with Crippen LogP contribution >= 0.6 is 11.3 Å². The number of nitrogens with one attached hydrogen (secondary N) is 1. The van der Waals surface area contributed by atoms with Gasteiger partial charge < -0.3 is 15.8 Å². The molecule has 39 heavy (non-hydrogen) atoms. The molecule has 0 atom stereocenters. The Labute approximate surface area is 222 Å². The summed E-state index contributed by atoms with van der Waals surface area (Å²) in [5.41, 5.74) is 4.13. The minimum Gasteiger partial charge on any atom is -0.465 e. The molecule has 3 heterocycles. The second-order valence-electron chi connectivity index (χ2n) is 8.42. The van der Waals surface area contributed by atoms with Crippen LogP contribution in [0.1, 0.15) is 41.6 Å². The SMILES string of the molecule is COC(=O)c1c(NC(=O)c2cnn3c(C(F)(F)F)cc(-c4cccc5ccccc45)nc23)sc(C(N)=O)c1C. The first-order valence-electron chi connectivity index (χ1n) is 11.3. The first-order chi connectivity index (χ1) is 18.5. The van der Waals surface area contributed by atoms with Gasteiger partial charge in [-0.05, 0) is 29.3 Å². The van der Waals surface area contributed by atoms with Gasteiger partial charge in [0.25, 0.3) is 11.8 Å². The normalized spacial score (nSPS) is 11.6. The van der Waals surface area contributed by atoms with Crippen LogP contribution in [0.25, 0.3) is 27.7 Å². The Morgan fingerprint density at radius 2 is 1.82 bits per heavy atom. The molecule has 5 rings (SSSR count). The van der Waals surface area contributed by atoms with Crippen molar-refractivity contribution in [3.63, 3.8) is 0 Å². The van der Waals surface area contributed by atoms with Gasteiger partial charge in [0, 0.05) is 5.56 Å². The molecule has 0 spiro atoms. The summed E-state index contributed by atoms with van der Waals surface area (Å²) >= 11 is 0.743. The van der Waals surface area contributed by atoms with E-state index in [2.05, 4.69) is 15.4 Å². The molecule has 0 saturated carbocycles. The molecule has 13 heteroatoms. The molecule has 0 radical (unpaired) electrons. The Bertz CT molecular complexity index is 1800. The molecular weight excluding hydrogens is 535 g/mol. The number of methoxy groups -OCH3 is 1. The van der Waals surface area contributed by atoms with Gasteiger partial charge in [-0.25, -0.2) is 14.3 Å². The highest BCUT2D eigenvalue weighted by atomic mass is 32.1. The minimum absolute atomic E-state index is 0.0144. The number of hydrogen-bond acceptors (Lipinski definition) is 7. The smallest absolute Gasteiger partial charge is 0.433 e. The predicted octanol–water partition coefficient (Wildman–Crippen LogP) is 5.08. The zero-order valence-electron chi connectivity index (χ0n) is 20.3. The maximum absolute atomic E-state index is 14.1. The summed E-state index contributed by atoms with van der Waals surface area (Å²) in [7, 11) is 1.12. The van der Waals surface area contributed by atoms with Crippen LogP contribution in [0, 0.1) is 6.92 Å². The van der Waals surface area contributed by atoms with E-state index in [0.717, 1.165) is 36.1 Å². The lowest BCUT2D eigenvalue weighted by Gasteiger charge is -2.13. The molecule has 0 unspecified atom stereocenters. The van der Waals surface area contributed by atoms with Crippen LogP contribution in [0.2, 0.25) is 0 Å². The van der Waals surface area contributed by atoms with Crippen molar-refractivity contribution in [1.29, 1.82) is 0 Å². The van der Waals surface area contributed by atoms with Crippen LogP contribution in [0.15, 0.2) is 54.7 Å². The second-order valence-corrected chi connectivity index (χ2v) is 9.44. The Balaban J connectivity index is 1.67. The van der Waals surface area contributed by atoms with Gasteiger partial charge in [0.15, 0.2) is 11.3 Å². The van der Waals surface area contributed by atoms with Crippen molar-refractivity contribution in [1.82, 2.24) is 14.6 Å². The Kier molecular flexibility index (Phi) is 6.30. The summed E-state index contributed by atoms with van der Waals surface area (Å²) in [5.74, 6) is -2.55. The molecule has 9 nitrogen and oxygen atoms in total. The average Bonchev–Trinajstić information content (AvgIpc) is 3.47.